The Morgan fingerprint density at radius 1 is 1.36 bits per heavy atom. The van der Waals surface area contributed by atoms with Crippen molar-refractivity contribution in [3.05, 3.63) is 18.2 Å². The van der Waals surface area contributed by atoms with Gasteiger partial charge in [-0.25, -0.2) is 4.79 Å². The molecule has 25 heavy (non-hydrogen) atoms. The quantitative estimate of drug-likeness (QED) is 0.706. The number of hydrogen-bond acceptors (Lipinski definition) is 6. The Morgan fingerprint density at radius 2 is 2.04 bits per heavy atom. The third-order valence-corrected chi connectivity index (χ3v) is 3.90. The van der Waals surface area contributed by atoms with Crippen molar-refractivity contribution in [3.8, 4) is 0 Å². The topological polar surface area (TPSA) is 97.0 Å². The van der Waals surface area contributed by atoms with Crippen molar-refractivity contribution in [1.82, 2.24) is 0 Å². The summed E-state index contributed by atoms with van der Waals surface area (Å²) in [6.45, 7) is 7.53. The number of anilines is 3. The van der Waals surface area contributed by atoms with E-state index in [0.717, 1.165) is 31.6 Å². The van der Waals surface area contributed by atoms with Gasteiger partial charge in [-0.15, -0.1) is 0 Å². The number of aliphatic hydroxyl groups excluding tert-OH is 1. The van der Waals surface area contributed by atoms with Crippen molar-refractivity contribution in [2.75, 3.05) is 42.3 Å². The second-order valence-corrected chi connectivity index (χ2v) is 7.18. The highest BCUT2D eigenvalue weighted by atomic mass is 16.6. The van der Waals surface area contributed by atoms with Crippen LogP contribution in [0.4, 0.5) is 21.9 Å². The van der Waals surface area contributed by atoms with Crippen molar-refractivity contribution in [1.29, 1.82) is 0 Å². The first-order chi connectivity index (χ1) is 11.8. The third-order valence-electron chi connectivity index (χ3n) is 3.90. The van der Waals surface area contributed by atoms with Gasteiger partial charge in [0.2, 0.25) is 0 Å². The molecule has 7 heteroatoms. The number of carbonyl (C=O) groups is 1. The molecule has 1 aliphatic rings. The summed E-state index contributed by atoms with van der Waals surface area (Å²) in [4.78, 5) is 14.1. The summed E-state index contributed by atoms with van der Waals surface area (Å²) < 4.78 is 10.9. The van der Waals surface area contributed by atoms with Gasteiger partial charge in [0.05, 0.1) is 30.7 Å². The molecule has 2 rings (SSSR count). The monoisotopic (exact) mass is 351 g/mol. The molecule has 1 saturated heterocycles. The summed E-state index contributed by atoms with van der Waals surface area (Å²) in [6, 6.07) is 5.42. The van der Waals surface area contributed by atoms with Gasteiger partial charge >= 0.3 is 6.09 Å². The number of nitrogens with zero attached hydrogens (tertiary/aromatic N) is 1. The molecular formula is C18H29N3O4. The normalized spacial score (nSPS) is 15.9. The van der Waals surface area contributed by atoms with Crippen LogP contribution in [-0.2, 0) is 9.47 Å². The largest absolute Gasteiger partial charge is 0.444 e. The van der Waals surface area contributed by atoms with Crippen molar-refractivity contribution in [2.45, 2.75) is 45.3 Å². The fraction of sp³-hybridized carbons (Fsp3) is 0.611. The van der Waals surface area contributed by atoms with E-state index in [4.69, 9.17) is 20.3 Å². The lowest BCUT2D eigenvalue weighted by Gasteiger charge is -2.34. The number of hydrogen-bond donors (Lipinski definition) is 3. The summed E-state index contributed by atoms with van der Waals surface area (Å²) in [5, 5.41) is 11.6. The average Bonchev–Trinajstić information content (AvgIpc) is 2.53. The van der Waals surface area contributed by atoms with Crippen LogP contribution in [0.25, 0.3) is 0 Å². The Balaban J connectivity index is 1.99. The molecule has 1 heterocycles. The standard InChI is InChI=1S/C18H29N3O4/c1-18(2,3)25-17(23)20-13-4-5-15(19)16(12-13)21-8-6-14(7-9-21)24-11-10-22/h4-5,12,14,22H,6-11,19H2,1-3H3,(H,20,23). The zero-order valence-corrected chi connectivity index (χ0v) is 15.2. The number of piperidine rings is 1. The fourth-order valence-electron chi connectivity index (χ4n) is 2.80. The van der Waals surface area contributed by atoms with E-state index >= 15 is 0 Å². The molecule has 1 fully saturated rings. The average molecular weight is 351 g/mol. The molecule has 140 valence electrons. The van der Waals surface area contributed by atoms with Crippen molar-refractivity contribution in [2.24, 2.45) is 0 Å². The van der Waals surface area contributed by atoms with E-state index in [-0.39, 0.29) is 12.7 Å². The lowest BCUT2D eigenvalue weighted by Crippen LogP contribution is -2.37. The number of nitrogens with one attached hydrogen (secondary N) is 1. The number of nitrogens with two attached hydrogens (primary N) is 1. The molecule has 0 aromatic heterocycles. The van der Waals surface area contributed by atoms with Crippen LogP contribution in [0.5, 0.6) is 0 Å². The molecular weight excluding hydrogens is 322 g/mol. The Labute approximate surface area is 149 Å². The van der Waals surface area contributed by atoms with Gasteiger partial charge in [0.15, 0.2) is 0 Å². The molecule has 0 radical (unpaired) electrons. The first kappa shape index (κ1) is 19.3. The minimum Gasteiger partial charge on any atom is -0.444 e. The third kappa shape index (κ3) is 6.10. The Kier molecular flexibility index (Phi) is 6.50. The van der Waals surface area contributed by atoms with Crippen LogP contribution < -0.4 is 16.0 Å². The molecule has 0 spiro atoms. The first-order valence-electron chi connectivity index (χ1n) is 8.65. The van der Waals surface area contributed by atoms with Gasteiger partial charge < -0.3 is 25.2 Å². The van der Waals surface area contributed by atoms with Crippen LogP contribution in [0.15, 0.2) is 18.2 Å². The molecule has 0 atom stereocenters. The molecule has 1 amide bonds. The number of benzene rings is 1. The van der Waals surface area contributed by atoms with E-state index in [9.17, 15) is 4.79 Å². The summed E-state index contributed by atoms with van der Waals surface area (Å²) in [6.07, 6.45) is 1.44. The smallest absolute Gasteiger partial charge is 0.412 e. The Morgan fingerprint density at radius 3 is 2.64 bits per heavy atom. The number of ether oxygens (including phenoxy) is 2. The molecule has 1 aromatic rings. The number of aliphatic hydroxyl groups is 1. The molecule has 1 aromatic carbocycles. The lowest BCUT2D eigenvalue weighted by molar-refractivity contribution is 0.0159. The second kappa shape index (κ2) is 8.40. The van der Waals surface area contributed by atoms with Gasteiger partial charge in [-0.1, -0.05) is 0 Å². The van der Waals surface area contributed by atoms with E-state index in [2.05, 4.69) is 10.2 Å². The van der Waals surface area contributed by atoms with Gasteiger partial charge in [-0.05, 0) is 51.8 Å². The highest BCUT2D eigenvalue weighted by Crippen LogP contribution is 2.30. The van der Waals surface area contributed by atoms with Gasteiger partial charge in [0, 0.05) is 18.8 Å². The highest BCUT2D eigenvalue weighted by Gasteiger charge is 2.22. The molecule has 0 bridgehead atoms. The summed E-state index contributed by atoms with van der Waals surface area (Å²) >= 11 is 0. The number of rotatable bonds is 5. The van der Waals surface area contributed by atoms with Crippen LogP contribution in [0, 0.1) is 0 Å². The molecule has 0 saturated carbocycles. The zero-order chi connectivity index (χ0) is 18.4. The summed E-state index contributed by atoms with van der Waals surface area (Å²) in [7, 11) is 0. The van der Waals surface area contributed by atoms with Gasteiger partial charge in [-0.3, -0.25) is 5.32 Å². The van der Waals surface area contributed by atoms with Crippen molar-refractivity contribution in [3.63, 3.8) is 0 Å². The predicted molar refractivity (Wildman–Crippen MR) is 99.0 cm³/mol. The predicted octanol–water partition coefficient (Wildman–Crippen LogP) is 2.59. The highest BCUT2D eigenvalue weighted by molar-refractivity contribution is 5.87. The molecule has 7 nitrogen and oxygen atoms in total. The Bertz CT molecular complexity index is 578. The van der Waals surface area contributed by atoms with Crippen LogP contribution in [0.1, 0.15) is 33.6 Å². The van der Waals surface area contributed by atoms with Crippen LogP contribution in [-0.4, -0.2) is 49.2 Å². The van der Waals surface area contributed by atoms with Gasteiger partial charge in [0.25, 0.3) is 0 Å². The van der Waals surface area contributed by atoms with E-state index in [1.165, 1.54) is 0 Å². The first-order valence-corrected chi connectivity index (χ1v) is 8.65. The maximum atomic E-state index is 11.9. The van der Waals surface area contributed by atoms with E-state index in [1.54, 1.807) is 12.1 Å². The molecule has 1 aliphatic heterocycles. The summed E-state index contributed by atoms with van der Waals surface area (Å²) in [5.41, 5.74) is 7.79. The van der Waals surface area contributed by atoms with Crippen LogP contribution in [0.3, 0.4) is 0 Å². The number of amides is 1. The fourth-order valence-corrected chi connectivity index (χ4v) is 2.80. The number of carbonyl (C=O) groups excluding carboxylic acids is 1. The Hall–Kier alpha value is -1.99. The van der Waals surface area contributed by atoms with E-state index < -0.39 is 11.7 Å². The number of nitrogen functional groups attached to an aromatic ring is 1. The van der Waals surface area contributed by atoms with E-state index in [1.807, 2.05) is 26.8 Å². The van der Waals surface area contributed by atoms with Gasteiger partial charge in [0.1, 0.15) is 5.60 Å². The molecule has 0 unspecified atom stereocenters. The van der Waals surface area contributed by atoms with Crippen molar-refractivity contribution >= 4 is 23.2 Å². The van der Waals surface area contributed by atoms with Crippen molar-refractivity contribution < 1.29 is 19.4 Å². The minimum absolute atomic E-state index is 0.0472. The minimum atomic E-state index is -0.544. The molecule has 0 aliphatic carbocycles. The van der Waals surface area contributed by atoms with Gasteiger partial charge in [-0.2, -0.15) is 0 Å². The molecule has 4 N–H and O–H groups in total. The van der Waals surface area contributed by atoms with Crippen LogP contribution >= 0.6 is 0 Å². The maximum Gasteiger partial charge on any atom is 0.412 e. The SMILES string of the molecule is CC(C)(C)OC(=O)Nc1ccc(N)c(N2CCC(OCCO)CC2)c1. The van der Waals surface area contributed by atoms with Crippen LogP contribution in [0.2, 0.25) is 0 Å². The summed E-state index contributed by atoms with van der Waals surface area (Å²) in [5.74, 6) is 0. The second-order valence-electron chi connectivity index (χ2n) is 7.18. The lowest BCUT2D eigenvalue weighted by atomic mass is 10.1. The van der Waals surface area contributed by atoms with E-state index in [0.29, 0.717) is 18.0 Å². The zero-order valence-electron chi connectivity index (χ0n) is 15.2. The maximum absolute atomic E-state index is 11.9.